The van der Waals surface area contributed by atoms with Crippen LogP contribution in [0.3, 0.4) is 0 Å². The summed E-state index contributed by atoms with van der Waals surface area (Å²) in [6, 6.07) is 6.71. The third-order valence-electron chi connectivity index (χ3n) is 2.83. The molecule has 0 fully saturated rings. The Balaban J connectivity index is 2.16. The molecule has 0 aliphatic heterocycles. The SMILES string of the molecule is CCCCNC(=O)CCCNC(=O)c1ccc(Cl)cc1. The van der Waals surface area contributed by atoms with Gasteiger partial charge in [-0.3, -0.25) is 9.59 Å². The Kier molecular flexibility index (Phi) is 7.73. The number of hydrogen-bond donors (Lipinski definition) is 2. The van der Waals surface area contributed by atoms with Crippen LogP contribution in [0.4, 0.5) is 0 Å². The van der Waals surface area contributed by atoms with Crippen LogP contribution in [-0.2, 0) is 4.79 Å². The van der Waals surface area contributed by atoms with E-state index in [0.29, 0.717) is 30.0 Å². The van der Waals surface area contributed by atoms with E-state index in [-0.39, 0.29) is 11.8 Å². The lowest BCUT2D eigenvalue weighted by Crippen LogP contribution is -2.27. The fraction of sp³-hybridized carbons (Fsp3) is 0.467. The molecule has 0 aliphatic rings. The maximum atomic E-state index is 11.8. The lowest BCUT2D eigenvalue weighted by Gasteiger charge is -2.06. The molecule has 5 heteroatoms. The van der Waals surface area contributed by atoms with Crippen molar-refractivity contribution in [1.82, 2.24) is 10.6 Å². The number of carbonyl (C=O) groups excluding carboxylic acids is 2. The summed E-state index contributed by atoms with van der Waals surface area (Å²) in [7, 11) is 0. The van der Waals surface area contributed by atoms with E-state index < -0.39 is 0 Å². The molecule has 0 heterocycles. The largest absolute Gasteiger partial charge is 0.356 e. The van der Waals surface area contributed by atoms with E-state index in [2.05, 4.69) is 17.6 Å². The minimum atomic E-state index is -0.145. The van der Waals surface area contributed by atoms with Crippen molar-refractivity contribution >= 4 is 23.4 Å². The molecule has 0 radical (unpaired) electrons. The van der Waals surface area contributed by atoms with Crippen molar-refractivity contribution in [2.24, 2.45) is 0 Å². The van der Waals surface area contributed by atoms with E-state index >= 15 is 0 Å². The van der Waals surface area contributed by atoms with Gasteiger partial charge in [-0.05, 0) is 37.1 Å². The van der Waals surface area contributed by atoms with Crippen LogP contribution >= 0.6 is 11.6 Å². The summed E-state index contributed by atoms with van der Waals surface area (Å²) in [4.78, 5) is 23.2. The molecule has 2 amide bonds. The fourth-order valence-corrected chi connectivity index (χ4v) is 1.77. The summed E-state index contributed by atoms with van der Waals surface area (Å²) in [5.41, 5.74) is 0.571. The molecule has 0 spiro atoms. The summed E-state index contributed by atoms with van der Waals surface area (Å²) in [5.74, 6) is -0.104. The van der Waals surface area contributed by atoms with E-state index in [1.54, 1.807) is 24.3 Å². The molecule has 0 saturated heterocycles. The van der Waals surface area contributed by atoms with Crippen LogP contribution < -0.4 is 10.6 Å². The van der Waals surface area contributed by atoms with Gasteiger partial charge in [-0.15, -0.1) is 0 Å². The zero-order valence-electron chi connectivity index (χ0n) is 11.7. The number of carbonyl (C=O) groups is 2. The first-order valence-electron chi connectivity index (χ1n) is 6.94. The highest BCUT2D eigenvalue weighted by molar-refractivity contribution is 6.30. The molecular weight excluding hydrogens is 276 g/mol. The van der Waals surface area contributed by atoms with Gasteiger partial charge in [0.05, 0.1) is 0 Å². The summed E-state index contributed by atoms with van der Waals surface area (Å²) in [6.45, 7) is 3.30. The van der Waals surface area contributed by atoms with Gasteiger partial charge in [0.25, 0.3) is 5.91 Å². The molecule has 1 aromatic rings. The average molecular weight is 297 g/mol. The highest BCUT2D eigenvalue weighted by Gasteiger charge is 2.05. The van der Waals surface area contributed by atoms with E-state index in [9.17, 15) is 9.59 Å². The summed E-state index contributed by atoms with van der Waals surface area (Å²) < 4.78 is 0. The minimum Gasteiger partial charge on any atom is -0.356 e. The second kappa shape index (κ2) is 9.37. The van der Waals surface area contributed by atoms with Crippen LogP contribution in [0.25, 0.3) is 0 Å². The Morgan fingerprint density at radius 1 is 1.05 bits per heavy atom. The first kappa shape index (κ1) is 16.5. The first-order valence-corrected chi connectivity index (χ1v) is 7.31. The van der Waals surface area contributed by atoms with Crippen molar-refractivity contribution in [3.63, 3.8) is 0 Å². The number of rotatable bonds is 8. The summed E-state index contributed by atoms with van der Waals surface area (Å²) in [6.07, 6.45) is 3.14. The van der Waals surface area contributed by atoms with Gasteiger partial charge in [0.2, 0.25) is 5.91 Å². The average Bonchev–Trinajstić information content (AvgIpc) is 2.44. The van der Waals surface area contributed by atoms with E-state index in [4.69, 9.17) is 11.6 Å². The van der Waals surface area contributed by atoms with Crippen molar-refractivity contribution in [2.45, 2.75) is 32.6 Å². The monoisotopic (exact) mass is 296 g/mol. The Labute approximate surface area is 124 Å². The maximum Gasteiger partial charge on any atom is 0.251 e. The van der Waals surface area contributed by atoms with Crippen molar-refractivity contribution in [3.8, 4) is 0 Å². The number of amides is 2. The zero-order valence-corrected chi connectivity index (χ0v) is 12.5. The Hall–Kier alpha value is -1.55. The van der Waals surface area contributed by atoms with Crippen LogP contribution in [0.15, 0.2) is 24.3 Å². The number of hydrogen-bond acceptors (Lipinski definition) is 2. The van der Waals surface area contributed by atoms with Crippen LogP contribution in [0, 0.1) is 0 Å². The van der Waals surface area contributed by atoms with Gasteiger partial charge in [0.15, 0.2) is 0 Å². The molecule has 4 nitrogen and oxygen atoms in total. The predicted octanol–water partition coefficient (Wildman–Crippen LogP) is 2.77. The van der Waals surface area contributed by atoms with Crippen molar-refractivity contribution < 1.29 is 9.59 Å². The van der Waals surface area contributed by atoms with Crippen LogP contribution in [-0.4, -0.2) is 24.9 Å². The molecule has 0 bridgehead atoms. The summed E-state index contributed by atoms with van der Waals surface area (Å²) >= 11 is 5.75. The molecule has 0 aromatic heterocycles. The van der Waals surface area contributed by atoms with Gasteiger partial charge in [0.1, 0.15) is 0 Å². The fourth-order valence-electron chi connectivity index (χ4n) is 1.65. The van der Waals surface area contributed by atoms with Gasteiger partial charge in [0, 0.05) is 30.1 Å². The standard InChI is InChI=1S/C15H21ClN2O2/c1-2-3-10-17-14(19)5-4-11-18-15(20)12-6-8-13(16)9-7-12/h6-9H,2-5,10-11H2,1H3,(H,17,19)(H,18,20). The Morgan fingerprint density at radius 2 is 1.70 bits per heavy atom. The van der Waals surface area contributed by atoms with Crippen molar-refractivity contribution in [1.29, 1.82) is 0 Å². The van der Waals surface area contributed by atoms with Gasteiger partial charge >= 0.3 is 0 Å². The predicted molar refractivity (Wildman–Crippen MR) is 80.9 cm³/mol. The second-order valence-corrected chi connectivity index (χ2v) is 5.01. The zero-order chi connectivity index (χ0) is 14.8. The number of unbranched alkanes of at least 4 members (excludes halogenated alkanes) is 1. The molecular formula is C15H21ClN2O2. The molecule has 1 aromatic carbocycles. The number of halogens is 1. The lowest BCUT2D eigenvalue weighted by molar-refractivity contribution is -0.121. The molecule has 0 aliphatic carbocycles. The highest BCUT2D eigenvalue weighted by atomic mass is 35.5. The first-order chi connectivity index (χ1) is 9.63. The van der Waals surface area contributed by atoms with Crippen molar-refractivity contribution in [3.05, 3.63) is 34.9 Å². The number of benzene rings is 1. The molecule has 2 N–H and O–H groups in total. The minimum absolute atomic E-state index is 0.0409. The van der Waals surface area contributed by atoms with Crippen LogP contribution in [0.2, 0.25) is 5.02 Å². The molecule has 110 valence electrons. The Morgan fingerprint density at radius 3 is 2.35 bits per heavy atom. The number of nitrogens with one attached hydrogen (secondary N) is 2. The van der Waals surface area contributed by atoms with Crippen molar-refractivity contribution in [2.75, 3.05) is 13.1 Å². The smallest absolute Gasteiger partial charge is 0.251 e. The summed E-state index contributed by atoms with van der Waals surface area (Å²) in [5, 5.41) is 6.22. The topological polar surface area (TPSA) is 58.2 Å². The van der Waals surface area contributed by atoms with Crippen LogP contribution in [0.1, 0.15) is 43.0 Å². The Bertz CT molecular complexity index is 432. The third kappa shape index (κ3) is 6.57. The third-order valence-corrected chi connectivity index (χ3v) is 3.08. The van der Waals surface area contributed by atoms with Crippen LogP contribution in [0.5, 0.6) is 0 Å². The van der Waals surface area contributed by atoms with E-state index in [0.717, 1.165) is 19.4 Å². The van der Waals surface area contributed by atoms with Gasteiger partial charge in [-0.1, -0.05) is 24.9 Å². The van der Waals surface area contributed by atoms with Gasteiger partial charge < -0.3 is 10.6 Å². The lowest BCUT2D eigenvalue weighted by atomic mass is 10.2. The molecule has 1 rings (SSSR count). The van der Waals surface area contributed by atoms with E-state index in [1.165, 1.54) is 0 Å². The van der Waals surface area contributed by atoms with Gasteiger partial charge in [-0.2, -0.15) is 0 Å². The van der Waals surface area contributed by atoms with E-state index in [1.807, 2.05) is 0 Å². The highest BCUT2D eigenvalue weighted by Crippen LogP contribution is 2.09. The second-order valence-electron chi connectivity index (χ2n) is 4.57. The normalized spacial score (nSPS) is 10.1. The molecule has 20 heavy (non-hydrogen) atoms. The maximum absolute atomic E-state index is 11.8. The molecule has 0 saturated carbocycles. The molecule has 0 atom stereocenters. The molecule has 0 unspecified atom stereocenters. The van der Waals surface area contributed by atoms with Gasteiger partial charge in [-0.25, -0.2) is 0 Å². The quantitative estimate of drug-likeness (QED) is 0.725.